The van der Waals surface area contributed by atoms with Crippen LogP contribution >= 0.6 is 11.3 Å². The quantitative estimate of drug-likeness (QED) is 0.911. The predicted molar refractivity (Wildman–Crippen MR) is 74.2 cm³/mol. The van der Waals surface area contributed by atoms with Crippen LogP contribution < -0.4 is 10.5 Å². The van der Waals surface area contributed by atoms with E-state index in [2.05, 4.69) is 5.32 Å². The standard InChI is InChI=1S/C12H13FN2O2S2/c1-8-6-18-7-9(8)5-15-12-3-2-10(4-11(12)13)19(14,16)17/h2-4,6-7,15H,5H2,1H3,(H2,14,16,17). The normalized spacial score (nSPS) is 11.5. The summed E-state index contributed by atoms with van der Waals surface area (Å²) in [5.41, 5.74) is 2.47. The lowest BCUT2D eigenvalue weighted by Crippen LogP contribution is -2.12. The van der Waals surface area contributed by atoms with Crippen molar-refractivity contribution >= 4 is 27.0 Å². The van der Waals surface area contributed by atoms with Gasteiger partial charge in [-0.1, -0.05) is 0 Å². The summed E-state index contributed by atoms with van der Waals surface area (Å²) in [4.78, 5) is -0.234. The fourth-order valence-electron chi connectivity index (χ4n) is 1.57. The lowest BCUT2D eigenvalue weighted by molar-refractivity contribution is 0.593. The van der Waals surface area contributed by atoms with Gasteiger partial charge in [0.25, 0.3) is 0 Å². The predicted octanol–water partition coefficient (Wildman–Crippen LogP) is 2.46. The maximum absolute atomic E-state index is 13.7. The Hall–Kier alpha value is -1.44. The molecular formula is C12H13FN2O2S2. The minimum Gasteiger partial charge on any atom is -0.379 e. The van der Waals surface area contributed by atoms with E-state index in [0.29, 0.717) is 6.54 Å². The molecule has 1 aromatic heterocycles. The van der Waals surface area contributed by atoms with Crippen LogP contribution in [-0.4, -0.2) is 8.42 Å². The molecule has 19 heavy (non-hydrogen) atoms. The van der Waals surface area contributed by atoms with Crippen molar-refractivity contribution in [2.75, 3.05) is 5.32 Å². The Morgan fingerprint density at radius 2 is 2.11 bits per heavy atom. The van der Waals surface area contributed by atoms with E-state index in [1.54, 1.807) is 11.3 Å². The molecule has 0 saturated heterocycles. The summed E-state index contributed by atoms with van der Waals surface area (Å²) in [7, 11) is -3.87. The first kappa shape index (κ1) is 14.0. The summed E-state index contributed by atoms with van der Waals surface area (Å²) in [6.07, 6.45) is 0. The zero-order chi connectivity index (χ0) is 14.0. The minimum absolute atomic E-state index is 0.234. The molecule has 0 bridgehead atoms. The highest BCUT2D eigenvalue weighted by Gasteiger charge is 2.11. The Bertz CT molecular complexity index is 696. The number of hydrogen-bond donors (Lipinski definition) is 2. The second-order valence-corrected chi connectivity index (χ2v) is 6.43. The molecule has 0 aliphatic heterocycles. The number of benzene rings is 1. The molecule has 102 valence electrons. The number of thiophene rings is 1. The molecule has 0 amide bonds. The van der Waals surface area contributed by atoms with E-state index in [1.807, 2.05) is 17.7 Å². The average Bonchev–Trinajstić information content (AvgIpc) is 2.72. The number of nitrogens with one attached hydrogen (secondary N) is 1. The van der Waals surface area contributed by atoms with Gasteiger partial charge in [-0.05, 0) is 47.0 Å². The van der Waals surface area contributed by atoms with E-state index in [9.17, 15) is 12.8 Å². The molecule has 0 aliphatic carbocycles. The first-order valence-electron chi connectivity index (χ1n) is 5.46. The molecule has 0 radical (unpaired) electrons. The van der Waals surface area contributed by atoms with Crippen molar-refractivity contribution < 1.29 is 12.8 Å². The van der Waals surface area contributed by atoms with Crippen molar-refractivity contribution in [1.29, 1.82) is 0 Å². The van der Waals surface area contributed by atoms with Crippen LogP contribution in [0.15, 0.2) is 33.9 Å². The van der Waals surface area contributed by atoms with E-state index >= 15 is 0 Å². The van der Waals surface area contributed by atoms with Crippen molar-refractivity contribution in [2.24, 2.45) is 5.14 Å². The van der Waals surface area contributed by atoms with Gasteiger partial charge in [0.15, 0.2) is 0 Å². The van der Waals surface area contributed by atoms with E-state index in [-0.39, 0.29) is 10.6 Å². The minimum atomic E-state index is -3.87. The maximum Gasteiger partial charge on any atom is 0.238 e. The van der Waals surface area contributed by atoms with Crippen LogP contribution in [0.5, 0.6) is 0 Å². The molecule has 0 saturated carbocycles. The van der Waals surface area contributed by atoms with Crippen molar-refractivity contribution in [2.45, 2.75) is 18.4 Å². The van der Waals surface area contributed by atoms with E-state index < -0.39 is 15.8 Å². The number of nitrogens with two attached hydrogens (primary N) is 1. The largest absolute Gasteiger partial charge is 0.379 e. The first-order chi connectivity index (χ1) is 8.88. The molecule has 0 atom stereocenters. The molecule has 7 heteroatoms. The first-order valence-corrected chi connectivity index (χ1v) is 7.95. The molecule has 0 aliphatic rings. The third-order valence-corrected chi connectivity index (χ3v) is 4.52. The zero-order valence-corrected chi connectivity index (χ0v) is 11.8. The molecule has 2 rings (SSSR count). The smallest absolute Gasteiger partial charge is 0.238 e. The number of anilines is 1. The van der Waals surface area contributed by atoms with Crippen LogP contribution in [-0.2, 0) is 16.6 Å². The van der Waals surface area contributed by atoms with Crippen LogP contribution in [0, 0.1) is 12.7 Å². The number of aryl methyl sites for hydroxylation is 1. The molecule has 0 unspecified atom stereocenters. The lowest BCUT2D eigenvalue weighted by Gasteiger charge is -2.08. The highest BCUT2D eigenvalue weighted by molar-refractivity contribution is 7.89. The third kappa shape index (κ3) is 3.31. The number of halogens is 1. The van der Waals surface area contributed by atoms with Gasteiger partial charge in [-0.25, -0.2) is 17.9 Å². The van der Waals surface area contributed by atoms with Gasteiger partial charge in [-0.3, -0.25) is 0 Å². The van der Waals surface area contributed by atoms with Gasteiger partial charge in [0, 0.05) is 6.54 Å². The Labute approximate surface area is 115 Å². The molecule has 0 spiro atoms. The lowest BCUT2D eigenvalue weighted by atomic mass is 10.2. The summed E-state index contributed by atoms with van der Waals surface area (Å²) in [6.45, 7) is 2.47. The van der Waals surface area contributed by atoms with Gasteiger partial charge in [-0.2, -0.15) is 11.3 Å². The summed E-state index contributed by atoms with van der Waals surface area (Å²) in [5, 5.41) is 11.9. The number of rotatable bonds is 4. The number of hydrogen-bond acceptors (Lipinski definition) is 4. The van der Waals surface area contributed by atoms with Gasteiger partial charge in [0.2, 0.25) is 10.0 Å². The highest BCUT2D eigenvalue weighted by atomic mass is 32.2. The molecule has 3 N–H and O–H groups in total. The Morgan fingerprint density at radius 1 is 1.37 bits per heavy atom. The fraction of sp³-hybridized carbons (Fsp3) is 0.167. The van der Waals surface area contributed by atoms with E-state index in [1.165, 1.54) is 12.1 Å². The monoisotopic (exact) mass is 300 g/mol. The summed E-state index contributed by atoms with van der Waals surface area (Å²) in [5.74, 6) is -0.639. The summed E-state index contributed by atoms with van der Waals surface area (Å²) < 4.78 is 35.9. The highest BCUT2D eigenvalue weighted by Crippen LogP contribution is 2.20. The van der Waals surface area contributed by atoms with Gasteiger partial charge in [0.1, 0.15) is 5.82 Å². The van der Waals surface area contributed by atoms with Crippen LogP contribution in [0.1, 0.15) is 11.1 Å². The summed E-state index contributed by atoms with van der Waals surface area (Å²) >= 11 is 1.58. The topological polar surface area (TPSA) is 72.2 Å². The van der Waals surface area contributed by atoms with Gasteiger partial charge >= 0.3 is 0 Å². The molecule has 1 heterocycles. The molecule has 0 fully saturated rings. The second kappa shape index (κ2) is 5.28. The van der Waals surface area contributed by atoms with Crippen molar-refractivity contribution in [3.05, 3.63) is 45.9 Å². The van der Waals surface area contributed by atoms with Crippen molar-refractivity contribution in [3.63, 3.8) is 0 Å². The maximum atomic E-state index is 13.7. The molecule has 4 nitrogen and oxygen atoms in total. The van der Waals surface area contributed by atoms with Crippen LogP contribution in [0.4, 0.5) is 10.1 Å². The molecular weight excluding hydrogens is 287 g/mol. The van der Waals surface area contributed by atoms with Gasteiger partial charge in [0.05, 0.1) is 10.6 Å². The van der Waals surface area contributed by atoms with Crippen LogP contribution in [0.3, 0.4) is 0 Å². The summed E-state index contributed by atoms with van der Waals surface area (Å²) in [6, 6.07) is 3.57. The Morgan fingerprint density at radius 3 is 2.63 bits per heavy atom. The van der Waals surface area contributed by atoms with Crippen molar-refractivity contribution in [3.8, 4) is 0 Å². The molecule has 1 aromatic carbocycles. The zero-order valence-electron chi connectivity index (χ0n) is 10.2. The Balaban J connectivity index is 2.16. The fourth-order valence-corrected chi connectivity index (χ4v) is 2.96. The number of sulfonamides is 1. The van der Waals surface area contributed by atoms with Crippen molar-refractivity contribution in [1.82, 2.24) is 0 Å². The van der Waals surface area contributed by atoms with E-state index in [0.717, 1.165) is 17.2 Å². The van der Waals surface area contributed by atoms with Gasteiger partial charge < -0.3 is 5.32 Å². The van der Waals surface area contributed by atoms with Crippen LogP contribution in [0.25, 0.3) is 0 Å². The van der Waals surface area contributed by atoms with E-state index in [4.69, 9.17) is 5.14 Å². The molecule has 2 aromatic rings. The number of primary sulfonamides is 1. The average molecular weight is 300 g/mol. The third-order valence-electron chi connectivity index (χ3n) is 2.70. The SMILES string of the molecule is Cc1cscc1CNc1ccc(S(N)(=O)=O)cc1F. The second-order valence-electron chi connectivity index (χ2n) is 4.12. The van der Waals surface area contributed by atoms with Crippen LogP contribution in [0.2, 0.25) is 0 Å². The van der Waals surface area contributed by atoms with Gasteiger partial charge in [-0.15, -0.1) is 0 Å². The Kier molecular flexibility index (Phi) is 3.88.